The van der Waals surface area contributed by atoms with E-state index >= 15 is 0 Å². The first-order valence-corrected chi connectivity index (χ1v) is 8.10. The third-order valence-electron chi connectivity index (χ3n) is 3.72. The zero-order valence-electron chi connectivity index (χ0n) is 10.5. The molecule has 5 heteroatoms. The van der Waals surface area contributed by atoms with Gasteiger partial charge >= 0.3 is 0 Å². The van der Waals surface area contributed by atoms with Gasteiger partial charge in [0.2, 0.25) is 5.91 Å². The van der Waals surface area contributed by atoms with Crippen molar-refractivity contribution < 1.29 is 9.00 Å². The van der Waals surface area contributed by atoms with Crippen LogP contribution in [-0.4, -0.2) is 51.7 Å². The van der Waals surface area contributed by atoms with E-state index < -0.39 is 10.8 Å². The highest BCUT2D eigenvalue weighted by molar-refractivity contribution is 7.85. The van der Waals surface area contributed by atoms with Crippen LogP contribution in [0, 0.1) is 0 Å². The van der Waals surface area contributed by atoms with Crippen LogP contribution in [0.1, 0.15) is 32.6 Å². The molecule has 0 saturated carbocycles. The molecular formula is C12H22N2O2S. The fourth-order valence-electron chi connectivity index (χ4n) is 2.79. The highest BCUT2D eigenvalue weighted by Gasteiger charge is 2.33. The van der Waals surface area contributed by atoms with Crippen molar-refractivity contribution in [1.29, 1.82) is 0 Å². The van der Waals surface area contributed by atoms with Crippen molar-refractivity contribution in [2.24, 2.45) is 0 Å². The van der Waals surface area contributed by atoms with Gasteiger partial charge in [-0.3, -0.25) is 9.00 Å². The molecule has 4 nitrogen and oxygen atoms in total. The molecule has 0 radical (unpaired) electrons. The number of likely N-dealkylation sites (tertiary alicyclic amines) is 1. The van der Waals surface area contributed by atoms with E-state index in [0.29, 0.717) is 6.04 Å². The average molecular weight is 258 g/mol. The van der Waals surface area contributed by atoms with Crippen LogP contribution in [0.3, 0.4) is 0 Å². The first kappa shape index (κ1) is 13.0. The molecule has 1 unspecified atom stereocenters. The summed E-state index contributed by atoms with van der Waals surface area (Å²) in [5.74, 6) is 1.79. The summed E-state index contributed by atoms with van der Waals surface area (Å²) in [4.78, 5) is 14.3. The van der Waals surface area contributed by atoms with Crippen LogP contribution >= 0.6 is 0 Å². The molecule has 0 aromatic rings. The number of likely N-dealkylation sites (N-methyl/N-ethyl adjacent to an activating group) is 1. The van der Waals surface area contributed by atoms with E-state index in [1.54, 1.807) is 0 Å². The molecule has 1 N–H and O–H groups in total. The number of piperidine rings is 1. The van der Waals surface area contributed by atoms with Gasteiger partial charge in [0.05, 0.1) is 6.04 Å². The maximum atomic E-state index is 12.3. The SMILES string of the molecule is CCNC1CCCN(C2CCS(=O)CC2)C1=O. The molecule has 2 aliphatic rings. The molecule has 0 aromatic carbocycles. The van der Waals surface area contributed by atoms with Crippen LogP contribution in [0.25, 0.3) is 0 Å². The maximum absolute atomic E-state index is 12.3. The average Bonchev–Trinajstić information content (AvgIpc) is 2.34. The second-order valence-corrected chi connectivity index (χ2v) is 6.56. The maximum Gasteiger partial charge on any atom is 0.239 e. The fourth-order valence-corrected chi connectivity index (χ4v) is 4.06. The number of rotatable bonds is 3. The van der Waals surface area contributed by atoms with Crippen molar-refractivity contribution in [2.45, 2.75) is 44.7 Å². The van der Waals surface area contributed by atoms with Crippen LogP contribution in [-0.2, 0) is 15.6 Å². The summed E-state index contributed by atoms with van der Waals surface area (Å²) < 4.78 is 11.3. The van der Waals surface area contributed by atoms with E-state index in [0.717, 1.165) is 50.3 Å². The summed E-state index contributed by atoms with van der Waals surface area (Å²) in [5.41, 5.74) is 0. The van der Waals surface area contributed by atoms with Crippen molar-refractivity contribution >= 4 is 16.7 Å². The minimum Gasteiger partial charge on any atom is -0.338 e. The monoisotopic (exact) mass is 258 g/mol. The van der Waals surface area contributed by atoms with Gasteiger partial charge in [-0.05, 0) is 32.2 Å². The summed E-state index contributed by atoms with van der Waals surface area (Å²) in [6.45, 7) is 3.77. The summed E-state index contributed by atoms with van der Waals surface area (Å²) in [7, 11) is -0.642. The minimum atomic E-state index is -0.642. The predicted octanol–water partition coefficient (Wildman–Crippen LogP) is 0.498. The first-order chi connectivity index (χ1) is 8.22. The highest BCUT2D eigenvalue weighted by Crippen LogP contribution is 2.21. The van der Waals surface area contributed by atoms with E-state index in [2.05, 4.69) is 5.32 Å². The van der Waals surface area contributed by atoms with Gasteiger partial charge < -0.3 is 10.2 Å². The number of carbonyl (C=O) groups is 1. The Bertz CT molecular complexity index is 297. The number of amides is 1. The zero-order valence-corrected chi connectivity index (χ0v) is 11.3. The second kappa shape index (κ2) is 5.96. The highest BCUT2D eigenvalue weighted by atomic mass is 32.2. The van der Waals surface area contributed by atoms with Crippen LogP contribution in [0.4, 0.5) is 0 Å². The van der Waals surface area contributed by atoms with Crippen molar-refractivity contribution in [2.75, 3.05) is 24.6 Å². The first-order valence-electron chi connectivity index (χ1n) is 6.61. The van der Waals surface area contributed by atoms with Crippen LogP contribution < -0.4 is 5.32 Å². The lowest BCUT2D eigenvalue weighted by Crippen LogP contribution is -2.55. The lowest BCUT2D eigenvalue weighted by Gasteiger charge is -2.39. The van der Waals surface area contributed by atoms with E-state index in [1.165, 1.54) is 0 Å². The summed E-state index contributed by atoms with van der Waals surface area (Å²) >= 11 is 0. The van der Waals surface area contributed by atoms with E-state index in [-0.39, 0.29) is 11.9 Å². The van der Waals surface area contributed by atoms with Crippen LogP contribution in [0.5, 0.6) is 0 Å². The van der Waals surface area contributed by atoms with Crippen molar-refractivity contribution in [1.82, 2.24) is 10.2 Å². The molecule has 0 bridgehead atoms. The second-order valence-electron chi connectivity index (χ2n) is 4.86. The number of nitrogens with zero attached hydrogens (tertiary/aromatic N) is 1. The van der Waals surface area contributed by atoms with Gasteiger partial charge in [0.15, 0.2) is 0 Å². The van der Waals surface area contributed by atoms with Gasteiger partial charge in [-0.25, -0.2) is 0 Å². The van der Waals surface area contributed by atoms with Crippen LogP contribution in [0.2, 0.25) is 0 Å². The summed E-state index contributed by atoms with van der Waals surface area (Å²) in [5, 5.41) is 3.26. The van der Waals surface area contributed by atoms with Crippen molar-refractivity contribution in [3.05, 3.63) is 0 Å². The number of carbonyl (C=O) groups excluding carboxylic acids is 1. The molecule has 2 fully saturated rings. The largest absolute Gasteiger partial charge is 0.338 e. The molecule has 0 aromatic heterocycles. The topological polar surface area (TPSA) is 49.4 Å². The van der Waals surface area contributed by atoms with Gasteiger partial charge in [-0.15, -0.1) is 0 Å². The predicted molar refractivity (Wildman–Crippen MR) is 69.3 cm³/mol. The quantitative estimate of drug-likeness (QED) is 0.802. The van der Waals surface area contributed by atoms with E-state index in [9.17, 15) is 9.00 Å². The molecule has 2 aliphatic heterocycles. The lowest BCUT2D eigenvalue weighted by atomic mass is 10.00. The fraction of sp³-hybridized carbons (Fsp3) is 0.917. The van der Waals surface area contributed by atoms with Gasteiger partial charge in [0.1, 0.15) is 0 Å². The molecule has 2 saturated heterocycles. The Hall–Kier alpha value is -0.420. The molecule has 17 heavy (non-hydrogen) atoms. The van der Waals surface area contributed by atoms with Gasteiger partial charge in [0.25, 0.3) is 0 Å². The Morgan fingerprint density at radius 2 is 2.06 bits per heavy atom. The Morgan fingerprint density at radius 1 is 1.35 bits per heavy atom. The summed E-state index contributed by atoms with van der Waals surface area (Å²) in [6.07, 6.45) is 3.87. The minimum absolute atomic E-state index is 0.0150. The van der Waals surface area contributed by atoms with Gasteiger partial charge in [-0.2, -0.15) is 0 Å². The molecule has 1 amide bonds. The third-order valence-corrected chi connectivity index (χ3v) is 5.10. The normalized spacial score (nSPS) is 35.0. The van der Waals surface area contributed by atoms with Gasteiger partial charge in [0, 0.05) is 34.9 Å². The molecule has 0 aliphatic carbocycles. The Balaban J connectivity index is 1.95. The Morgan fingerprint density at radius 3 is 2.71 bits per heavy atom. The summed E-state index contributed by atoms with van der Waals surface area (Å²) in [6, 6.07) is 0.350. The Labute approximate surface area is 106 Å². The molecule has 0 spiro atoms. The third kappa shape index (κ3) is 3.07. The van der Waals surface area contributed by atoms with Crippen molar-refractivity contribution in [3.63, 3.8) is 0 Å². The van der Waals surface area contributed by atoms with Crippen LogP contribution in [0.15, 0.2) is 0 Å². The molecule has 2 rings (SSSR count). The van der Waals surface area contributed by atoms with Crippen molar-refractivity contribution in [3.8, 4) is 0 Å². The molecular weight excluding hydrogens is 236 g/mol. The van der Waals surface area contributed by atoms with E-state index in [1.807, 2.05) is 11.8 Å². The molecule has 98 valence electrons. The molecule has 2 heterocycles. The molecule has 1 atom stereocenters. The number of nitrogens with one attached hydrogen (secondary N) is 1. The number of hydrogen-bond donors (Lipinski definition) is 1. The Kier molecular flexibility index (Phi) is 4.56. The number of hydrogen-bond acceptors (Lipinski definition) is 3. The zero-order chi connectivity index (χ0) is 12.3. The lowest BCUT2D eigenvalue weighted by molar-refractivity contribution is -0.138. The smallest absolute Gasteiger partial charge is 0.239 e. The van der Waals surface area contributed by atoms with Gasteiger partial charge in [-0.1, -0.05) is 6.92 Å². The van der Waals surface area contributed by atoms with E-state index in [4.69, 9.17) is 0 Å². The standard InChI is InChI=1S/C12H22N2O2S/c1-2-13-11-4-3-7-14(12(11)15)10-5-8-17(16)9-6-10/h10-11,13H,2-9H2,1H3.